The second-order valence-electron chi connectivity index (χ2n) is 5.79. The van der Waals surface area contributed by atoms with Gasteiger partial charge in [0.15, 0.2) is 0 Å². The van der Waals surface area contributed by atoms with E-state index in [1.807, 2.05) is 0 Å². The van der Waals surface area contributed by atoms with Gasteiger partial charge in [-0.25, -0.2) is 8.42 Å². The normalized spacial score (nSPS) is 20.8. The van der Waals surface area contributed by atoms with E-state index in [0.717, 1.165) is 25.9 Å². The number of piperidine rings is 1. The molecule has 2 fully saturated rings. The molecule has 2 aliphatic heterocycles. The molecule has 0 spiro atoms. The predicted octanol–water partition coefficient (Wildman–Crippen LogP) is 1.13. The van der Waals surface area contributed by atoms with Crippen molar-refractivity contribution < 1.29 is 13.2 Å². The van der Waals surface area contributed by atoms with E-state index in [-0.39, 0.29) is 30.1 Å². The van der Waals surface area contributed by atoms with Gasteiger partial charge >= 0.3 is 0 Å². The Bertz CT molecular complexity index is 660. The van der Waals surface area contributed by atoms with Gasteiger partial charge in [0, 0.05) is 18.2 Å². The van der Waals surface area contributed by atoms with Crippen molar-refractivity contribution in [2.24, 2.45) is 0 Å². The maximum Gasteiger partial charge on any atom is 0.251 e. The van der Waals surface area contributed by atoms with Gasteiger partial charge in [-0.3, -0.25) is 9.10 Å². The van der Waals surface area contributed by atoms with Gasteiger partial charge in [0.25, 0.3) is 5.91 Å². The number of anilines is 1. The van der Waals surface area contributed by atoms with Gasteiger partial charge < -0.3 is 10.6 Å². The van der Waals surface area contributed by atoms with Gasteiger partial charge in [-0.05, 0) is 50.6 Å². The van der Waals surface area contributed by atoms with Crippen LogP contribution in [0.5, 0.6) is 0 Å². The SMILES string of the molecule is Cl.O=C(NC1CCNCC1)c1cccc(N2CCCS2(=O)=O)c1. The third kappa shape index (κ3) is 4.16. The van der Waals surface area contributed by atoms with Crippen molar-refractivity contribution in [3.05, 3.63) is 29.8 Å². The summed E-state index contributed by atoms with van der Waals surface area (Å²) in [6, 6.07) is 7.06. The first-order valence-corrected chi connectivity index (χ1v) is 9.29. The van der Waals surface area contributed by atoms with Gasteiger partial charge in [0.2, 0.25) is 10.0 Å². The number of nitrogens with zero attached hydrogens (tertiary/aromatic N) is 1. The average molecular weight is 360 g/mol. The van der Waals surface area contributed by atoms with E-state index in [1.165, 1.54) is 4.31 Å². The molecule has 8 heteroatoms. The molecule has 0 aromatic heterocycles. The largest absolute Gasteiger partial charge is 0.349 e. The van der Waals surface area contributed by atoms with Gasteiger partial charge in [-0.1, -0.05) is 6.07 Å². The highest BCUT2D eigenvalue weighted by Gasteiger charge is 2.28. The highest BCUT2D eigenvalue weighted by atomic mass is 35.5. The quantitative estimate of drug-likeness (QED) is 0.848. The molecule has 0 aliphatic carbocycles. The molecule has 3 rings (SSSR count). The zero-order chi connectivity index (χ0) is 15.6. The Morgan fingerprint density at radius 2 is 2.00 bits per heavy atom. The molecule has 2 aliphatic rings. The molecule has 6 nitrogen and oxygen atoms in total. The number of amides is 1. The Kier molecular flexibility index (Phi) is 5.89. The number of benzene rings is 1. The molecule has 0 atom stereocenters. The van der Waals surface area contributed by atoms with Crippen LogP contribution in [0.3, 0.4) is 0 Å². The molecule has 2 N–H and O–H groups in total. The lowest BCUT2D eigenvalue weighted by atomic mass is 10.1. The predicted molar refractivity (Wildman–Crippen MR) is 92.8 cm³/mol. The summed E-state index contributed by atoms with van der Waals surface area (Å²) in [4.78, 5) is 12.3. The summed E-state index contributed by atoms with van der Waals surface area (Å²) < 4.78 is 25.4. The van der Waals surface area contributed by atoms with E-state index in [4.69, 9.17) is 0 Å². The van der Waals surface area contributed by atoms with Crippen molar-refractivity contribution in [2.45, 2.75) is 25.3 Å². The zero-order valence-corrected chi connectivity index (χ0v) is 14.5. The van der Waals surface area contributed by atoms with Gasteiger partial charge in [-0.2, -0.15) is 0 Å². The Labute approximate surface area is 143 Å². The Hall–Kier alpha value is -1.31. The molecule has 1 aromatic carbocycles. The molecule has 2 heterocycles. The van der Waals surface area contributed by atoms with Crippen molar-refractivity contribution in [1.29, 1.82) is 0 Å². The summed E-state index contributed by atoms with van der Waals surface area (Å²) in [5.74, 6) is 0.0451. The smallest absolute Gasteiger partial charge is 0.251 e. The molecular formula is C15H22ClN3O3S. The highest BCUT2D eigenvalue weighted by Crippen LogP contribution is 2.24. The Balaban J connectivity index is 0.00000192. The number of carbonyl (C=O) groups excluding carboxylic acids is 1. The first kappa shape index (κ1) is 18.0. The molecule has 128 valence electrons. The van der Waals surface area contributed by atoms with E-state index in [9.17, 15) is 13.2 Å². The number of sulfonamides is 1. The van der Waals surface area contributed by atoms with Crippen molar-refractivity contribution in [1.82, 2.24) is 10.6 Å². The molecular weight excluding hydrogens is 338 g/mol. The van der Waals surface area contributed by atoms with Crippen LogP contribution in [0.25, 0.3) is 0 Å². The van der Waals surface area contributed by atoms with Crippen molar-refractivity contribution in [2.75, 3.05) is 29.7 Å². The first-order chi connectivity index (χ1) is 10.6. The first-order valence-electron chi connectivity index (χ1n) is 7.68. The summed E-state index contributed by atoms with van der Waals surface area (Å²) in [6.45, 7) is 2.32. The van der Waals surface area contributed by atoms with Gasteiger partial charge in [0.1, 0.15) is 0 Å². The van der Waals surface area contributed by atoms with Crippen LogP contribution in [0.1, 0.15) is 29.6 Å². The third-order valence-corrected chi connectivity index (χ3v) is 6.04. The minimum Gasteiger partial charge on any atom is -0.349 e. The molecule has 23 heavy (non-hydrogen) atoms. The summed E-state index contributed by atoms with van der Waals surface area (Å²) in [6.07, 6.45) is 2.48. The minimum absolute atomic E-state index is 0. The van der Waals surface area contributed by atoms with Gasteiger partial charge in [0.05, 0.1) is 11.4 Å². The lowest BCUT2D eigenvalue weighted by Gasteiger charge is -2.24. The van der Waals surface area contributed by atoms with E-state index in [1.54, 1.807) is 24.3 Å². The lowest BCUT2D eigenvalue weighted by Crippen LogP contribution is -2.42. The molecule has 0 unspecified atom stereocenters. The Morgan fingerprint density at radius 3 is 2.65 bits per heavy atom. The van der Waals surface area contributed by atoms with Crippen LogP contribution in [0, 0.1) is 0 Å². The molecule has 1 aromatic rings. The fourth-order valence-electron chi connectivity index (χ4n) is 2.97. The number of nitrogens with one attached hydrogen (secondary N) is 2. The summed E-state index contributed by atoms with van der Waals surface area (Å²) in [5, 5.41) is 6.29. The average Bonchev–Trinajstić information content (AvgIpc) is 2.88. The number of rotatable bonds is 3. The maximum absolute atomic E-state index is 12.3. The van der Waals surface area contributed by atoms with Crippen LogP contribution in [0.2, 0.25) is 0 Å². The van der Waals surface area contributed by atoms with E-state index in [0.29, 0.717) is 24.2 Å². The van der Waals surface area contributed by atoms with Crippen molar-refractivity contribution >= 4 is 34.0 Å². The standard InChI is InChI=1S/C15H21N3O3S.ClH/c19-15(17-13-5-7-16-8-6-13)12-3-1-4-14(11-12)18-9-2-10-22(18,20)21;/h1,3-4,11,13,16H,2,5-10H2,(H,17,19);1H. The van der Waals surface area contributed by atoms with Crippen LogP contribution < -0.4 is 14.9 Å². The number of hydrogen-bond acceptors (Lipinski definition) is 4. The van der Waals surface area contributed by atoms with Crippen LogP contribution in [0.15, 0.2) is 24.3 Å². The highest BCUT2D eigenvalue weighted by molar-refractivity contribution is 7.93. The number of carbonyl (C=O) groups is 1. The maximum atomic E-state index is 12.3. The zero-order valence-electron chi connectivity index (χ0n) is 12.8. The van der Waals surface area contributed by atoms with E-state index >= 15 is 0 Å². The van der Waals surface area contributed by atoms with Gasteiger partial charge in [-0.15, -0.1) is 12.4 Å². The summed E-state index contributed by atoms with van der Waals surface area (Å²) in [5.41, 5.74) is 1.09. The van der Waals surface area contributed by atoms with Crippen molar-refractivity contribution in [3.63, 3.8) is 0 Å². The number of halogens is 1. The second-order valence-corrected chi connectivity index (χ2v) is 7.80. The Morgan fingerprint density at radius 1 is 1.26 bits per heavy atom. The van der Waals surface area contributed by atoms with Crippen LogP contribution in [-0.4, -0.2) is 45.8 Å². The summed E-state index contributed by atoms with van der Waals surface area (Å²) in [7, 11) is -3.22. The minimum atomic E-state index is -3.22. The van der Waals surface area contributed by atoms with Crippen molar-refractivity contribution in [3.8, 4) is 0 Å². The van der Waals surface area contributed by atoms with E-state index in [2.05, 4.69) is 10.6 Å². The fraction of sp³-hybridized carbons (Fsp3) is 0.533. The van der Waals surface area contributed by atoms with Crippen LogP contribution in [0.4, 0.5) is 5.69 Å². The molecule has 2 saturated heterocycles. The summed E-state index contributed by atoms with van der Waals surface area (Å²) >= 11 is 0. The molecule has 1 amide bonds. The number of hydrogen-bond donors (Lipinski definition) is 2. The molecule has 0 radical (unpaired) electrons. The topological polar surface area (TPSA) is 78.5 Å². The monoisotopic (exact) mass is 359 g/mol. The second kappa shape index (κ2) is 7.51. The van der Waals surface area contributed by atoms with Crippen LogP contribution in [-0.2, 0) is 10.0 Å². The lowest BCUT2D eigenvalue weighted by molar-refractivity contribution is 0.0929. The van der Waals surface area contributed by atoms with Crippen LogP contribution >= 0.6 is 12.4 Å². The fourth-order valence-corrected chi connectivity index (χ4v) is 4.52. The third-order valence-electron chi connectivity index (χ3n) is 4.17. The van der Waals surface area contributed by atoms with E-state index < -0.39 is 10.0 Å². The molecule has 0 saturated carbocycles. The molecule has 0 bridgehead atoms.